The highest BCUT2D eigenvalue weighted by atomic mass is 15.2. The van der Waals surface area contributed by atoms with Gasteiger partial charge in [0, 0.05) is 30.9 Å². The lowest BCUT2D eigenvalue weighted by atomic mass is 9.95. The quantitative estimate of drug-likeness (QED) is 0.807. The minimum atomic E-state index is 0.831. The number of hydrogen-bond acceptors (Lipinski definition) is 3. The molecular formula is C18H31N3. The predicted octanol–water partition coefficient (Wildman–Crippen LogP) is 3.82. The van der Waals surface area contributed by atoms with Crippen molar-refractivity contribution in [3.05, 3.63) is 22.9 Å². The van der Waals surface area contributed by atoms with E-state index in [1.54, 1.807) is 0 Å². The Labute approximate surface area is 130 Å². The van der Waals surface area contributed by atoms with E-state index in [0.717, 1.165) is 31.2 Å². The van der Waals surface area contributed by atoms with Crippen LogP contribution in [0, 0.1) is 19.8 Å². The molecule has 1 aliphatic heterocycles. The third kappa shape index (κ3) is 4.19. The fourth-order valence-electron chi connectivity index (χ4n) is 3.30. The van der Waals surface area contributed by atoms with Crippen LogP contribution in [0.3, 0.4) is 0 Å². The Morgan fingerprint density at radius 2 is 2.14 bits per heavy atom. The molecule has 1 fully saturated rings. The van der Waals surface area contributed by atoms with E-state index in [2.05, 4.69) is 44.0 Å². The average molecular weight is 289 g/mol. The Balaban J connectivity index is 2.23. The van der Waals surface area contributed by atoms with Crippen LogP contribution in [0.2, 0.25) is 0 Å². The number of rotatable bonds is 6. The Bertz CT molecular complexity index is 456. The molecule has 0 bridgehead atoms. The second kappa shape index (κ2) is 7.79. The molecule has 118 valence electrons. The van der Waals surface area contributed by atoms with Crippen molar-refractivity contribution in [2.45, 2.75) is 59.9 Å². The zero-order valence-electron chi connectivity index (χ0n) is 14.2. The van der Waals surface area contributed by atoms with Crippen LogP contribution in [0.25, 0.3) is 0 Å². The number of piperidine rings is 1. The van der Waals surface area contributed by atoms with Gasteiger partial charge in [-0.25, -0.2) is 4.98 Å². The van der Waals surface area contributed by atoms with Gasteiger partial charge in [-0.1, -0.05) is 20.3 Å². The van der Waals surface area contributed by atoms with E-state index in [1.807, 2.05) is 0 Å². The molecule has 1 aromatic heterocycles. The molecule has 1 N–H and O–H groups in total. The van der Waals surface area contributed by atoms with E-state index >= 15 is 0 Å². The van der Waals surface area contributed by atoms with E-state index in [9.17, 15) is 0 Å². The Kier molecular flexibility index (Phi) is 6.04. The molecule has 1 aliphatic rings. The fourth-order valence-corrected chi connectivity index (χ4v) is 3.30. The van der Waals surface area contributed by atoms with Crippen LogP contribution >= 0.6 is 0 Å². The van der Waals surface area contributed by atoms with Crippen LogP contribution in [0.1, 0.15) is 56.4 Å². The molecule has 21 heavy (non-hydrogen) atoms. The van der Waals surface area contributed by atoms with E-state index in [4.69, 9.17) is 4.98 Å². The molecule has 1 aromatic rings. The monoisotopic (exact) mass is 289 g/mol. The summed E-state index contributed by atoms with van der Waals surface area (Å²) < 4.78 is 0. The van der Waals surface area contributed by atoms with Crippen LogP contribution in [-0.4, -0.2) is 24.6 Å². The van der Waals surface area contributed by atoms with Gasteiger partial charge in [-0.15, -0.1) is 0 Å². The number of nitrogens with one attached hydrogen (secondary N) is 1. The Hall–Kier alpha value is -1.09. The first kappa shape index (κ1) is 16.3. The van der Waals surface area contributed by atoms with E-state index < -0.39 is 0 Å². The third-order valence-electron chi connectivity index (χ3n) is 4.58. The summed E-state index contributed by atoms with van der Waals surface area (Å²) in [7, 11) is 0. The van der Waals surface area contributed by atoms with Crippen LogP contribution in [0.4, 0.5) is 5.82 Å². The Morgan fingerprint density at radius 3 is 2.86 bits per heavy atom. The van der Waals surface area contributed by atoms with Crippen LogP contribution in [0.5, 0.6) is 0 Å². The molecule has 0 spiro atoms. The highest BCUT2D eigenvalue weighted by molar-refractivity contribution is 5.52. The number of nitrogens with zero attached hydrogens (tertiary/aromatic N) is 2. The first-order valence-corrected chi connectivity index (χ1v) is 8.58. The minimum Gasteiger partial charge on any atom is -0.356 e. The van der Waals surface area contributed by atoms with Crippen molar-refractivity contribution >= 4 is 5.82 Å². The number of anilines is 1. The second-order valence-electron chi connectivity index (χ2n) is 6.42. The lowest BCUT2D eigenvalue weighted by Gasteiger charge is -2.35. The topological polar surface area (TPSA) is 28.2 Å². The van der Waals surface area contributed by atoms with Gasteiger partial charge >= 0.3 is 0 Å². The molecule has 0 aromatic carbocycles. The van der Waals surface area contributed by atoms with E-state index in [1.165, 1.54) is 49.2 Å². The van der Waals surface area contributed by atoms with Crippen molar-refractivity contribution in [2.75, 3.05) is 24.5 Å². The van der Waals surface area contributed by atoms with Gasteiger partial charge in [0.15, 0.2) is 0 Å². The van der Waals surface area contributed by atoms with Crippen LogP contribution < -0.4 is 10.2 Å². The summed E-state index contributed by atoms with van der Waals surface area (Å²) in [6.07, 6.45) is 5.14. The molecule has 0 radical (unpaired) electrons. The zero-order valence-corrected chi connectivity index (χ0v) is 14.2. The van der Waals surface area contributed by atoms with Crippen molar-refractivity contribution in [1.82, 2.24) is 10.3 Å². The smallest absolute Gasteiger partial charge is 0.133 e. The van der Waals surface area contributed by atoms with Crippen molar-refractivity contribution in [1.29, 1.82) is 0 Å². The zero-order chi connectivity index (χ0) is 15.2. The molecule has 0 saturated carbocycles. The third-order valence-corrected chi connectivity index (χ3v) is 4.58. The van der Waals surface area contributed by atoms with E-state index in [-0.39, 0.29) is 0 Å². The van der Waals surface area contributed by atoms with Gasteiger partial charge in [0.1, 0.15) is 5.82 Å². The van der Waals surface area contributed by atoms with Crippen LogP contribution in [0.15, 0.2) is 6.07 Å². The minimum absolute atomic E-state index is 0.831. The highest BCUT2D eigenvalue weighted by Crippen LogP contribution is 2.28. The molecule has 1 unspecified atom stereocenters. The molecule has 1 saturated heterocycles. The lowest BCUT2D eigenvalue weighted by Crippen LogP contribution is -2.37. The molecule has 1 atom stereocenters. The van der Waals surface area contributed by atoms with Gasteiger partial charge in [0.25, 0.3) is 0 Å². The number of aryl methyl sites for hydroxylation is 2. The molecule has 3 heteroatoms. The summed E-state index contributed by atoms with van der Waals surface area (Å²) in [4.78, 5) is 7.42. The number of hydrogen-bond donors (Lipinski definition) is 1. The molecule has 0 aliphatic carbocycles. The van der Waals surface area contributed by atoms with Gasteiger partial charge in [-0.3, -0.25) is 0 Å². The van der Waals surface area contributed by atoms with Gasteiger partial charge in [-0.05, 0) is 57.2 Å². The predicted molar refractivity (Wildman–Crippen MR) is 90.9 cm³/mol. The summed E-state index contributed by atoms with van der Waals surface area (Å²) in [5, 5.41) is 3.55. The summed E-state index contributed by atoms with van der Waals surface area (Å²) in [6, 6.07) is 2.22. The molecular weight excluding hydrogens is 258 g/mol. The standard InChI is InChI=1S/C18H31N3/c1-5-9-19-12-17-14(3)11-15(4)20-18(17)21-10-7-8-16(6-2)13-21/h11,16,19H,5-10,12-13H2,1-4H3. The first-order chi connectivity index (χ1) is 10.2. The first-order valence-electron chi connectivity index (χ1n) is 8.58. The highest BCUT2D eigenvalue weighted by Gasteiger charge is 2.22. The van der Waals surface area contributed by atoms with E-state index in [0.29, 0.717) is 0 Å². The summed E-state index contributed by atoms with van der Waals surface area (Å²) in [6.45, 7) is 13.2. The number of aromatic nitrogens is 1. The molecule has 2 heterocycles. The fraction of sp³-hybridized carbons (Fsp3) is 0.722. The molecule has 0 amide bonds. The van der Waals surface area contributed by atoms with Crippen molar-refractivity contribution in [2.24, 2.45) is 5.92 Å². The average Bonchev–Trinajstić information content (AvgIpc) is 2.49. The Morgan fingerprint density at radius 1 is 1.33 bits per heavy atom. The second-order valence-corrected chi connectivity index (χ2v) is 6.42. The largest absolute Gasteiger partial charge is 0.356 e. The molecule has 3 nitrogen and oxygen atoms in total. The summed E-state index contributed by atoms with van der Waals surface area (Å²) >= 11 is 0. The SMILES string of the molecule is CCCNCc1c(C)cc(C)nc1N1CCCC(CC)C1. The maximum atomic E-state index is 4.89. The lowest BCUT2D eigenvalue weighted by molar-refractivity contribution is 0.402. The van der Waals surface area contributed by atoms with Gasteiger partial charge in [0.05, 0.1) is 0 Å². The maximum absolute atomic E-state index is 4.89. The van der Waals surface area contributed by atoms with Gasteiger partial charge in [0.2, 0.25) is 0 Å². The summed E-state index contributed by atoms with van der Waals surface area (Å²) in [5.74, 6) is 2.06. The maximum Gasteiger partial charge on any atom is 0.133 e. The molecule has 2 rings (SSSR count). The van der Waals surface area contributed by atoms with Crippen molar-refractivity contribution in [3.63, 3.8) is 0 Å². The van der Waals surface area contributed by atoms with Gasteiger partial charge in [-0.2, -0.15) is 0 Å². The number of pyridine rings is 1. The normalized spacial score (nSPS) is 19.0. The van der Waals surface area contributed by atoms with Crippen molar-refractivity contribution < 1.29 is 0 Å². The van der Waals surface area contributed by atoms with Gasteiger partial charge < -0.3 is 10.2 Å². The van der Waals surface area contributed by atoms with Crippen LogP contribution in [-0.2, 0) is 6.54 Å². The van der Waals surface area contributed by atoms with Crippen molar-refractivity contribution in [3.8, 4) is 0 Å². The summed E-state index contributed by atoms with van der Waals surface area (Å²) in [5.41, 5.74) is 3.91.